The third kappa shape index (κ3) is 3.01. The summed E-state index contributed by atoms with van der Waals surface area (Å²) in [4.78, 5) is 26.0. The molecule has 1 aliphatic carbocycles. The van der Waals surface area contributed by atoms with Crippen LogP contribution in [0.5, 0.6) is 0 Å². The highest BCUT2D eigenvalue weighted by Crippen LogP contribution is 2.34. The van der Waals surface area contributed by atoms with Crippen LogP contribution >= 0.6 is 0 Å². The molecule has 0 bridgehead atoms. The van der Waals surface area contributed by atoms with E-state index in [1.165, 1.54) is 7.11 Å². The lowest BCUT2D eigenvalue weighted by molar-refractivity contribution is -0.117. The second kappa shape index (κ2) is 5.76. The smallest absolute Gasteiger partial charge is 0.337 e. The lowest BCUT2D eigenvalue weighted by Gasteiger charge is -2.22. The molecule has 0 spiro atoms. The van der Waals surface area contributed by atoms with Gasteiger partial charge in [-0.2, -0.15) is 0 Å². The van der Waals surface area contributed by atoms with Crippen LogP contribution in [0.2, 0.25) is 0 Å². The topological polar surface area (TPSA) is 58.6 Å². The largest absolute Gasteiger partial charge is 0.465 e. The molecule has 5 heteroatoms. The maximum Gasteiger partial charge on any atom is 0.337 e. The molecular weight excluding hydrogens is 268 g/mol. The van der Waals surface area contributed by atoms with Crippen molar-refractivity contribution in [3.05, 3.63) is 23.8 Å². The van der Waals surface area contributed by atoms with Gasteiger partial charge in [-0.3, -0.25) is 4.79 Å². The summed E-state index contributed by atoms with van der Waals surface area (Å²) in [6.07, 6.45) is 4.24. The number of nitrogens with zero attached hydrogens (tertiary/aromatic N) is 1. The third-order valence-corrected chi connectivity index (χ3v) is 4.07. The molecule has 1 saturated carbocycles. The van der Waals surface area contributed by atoms with Gasteiger partial charge in [-0.1, -0.05) is 0 Å². The monoisotopic (exact) mass is 288 g/mol. The van der Waals surface area contributed by atoms with E-state index in [1.54, 1.807) is 12.1 Å². The number of ether oxygens (including phenoxy) is 1. The Hall–Kier alpha value is -2.04. The molecule has 1 aromatic carbocycles. The van der Waals surface area contributed by atoms with Gasteiger partial charge < -0.3 is 15.0 Å². The average Bonchev–Trinajstić information content (AvgIpc) is 3.22. The van der Waals surface area contributed by atoms with Crippen molar-refractivity contribution in [1.82, 2.24) is 0 Å². The van der Waals surface area contributed by atoms with E-state index in [1.807, 2.05) is 6.07 Å². The van der Waals surface area contributed by atoms with Gasteiger partial charge in [-0.05, 0) is 43.9 Å². The second-order valence-corrected chi connectivity index (χ2v) is 5.68. The van der Waals surface area contributed by atoms with Gasteiger partial charge in [0.15, 0.2) is 0 Å². The summed E-state index contributed by atoms with van der Waals surface area (Å²) in [6.45, 7) is 1.98. The van der Waals surface area contributed by atoms with Crippen LogP contribution in [0.4, 0.5) is 11.4 Å². The summed E-state index contributed by atoms with van der Waals surface area (Å²) >= 11 is 0. The number of benzene rings is 1. The molecule has 1 aromatic rings. The highest BCUT2D eigenvalue weighted by atomic mass is 16.5. The molecule has 0 unspecified atom stereocenters. The standard InChI is InChI=1S/C16H20N2O3/c1-21-16(20)12-6-7-14(18-8-2-3-9-18)13(10-12)17-15(19)11-4-5-11/h6-7,10-11H,2-5,8-9H2,1H3,(H,17,19). The first kappa shape index (κ1) is 13.9. The molecule has 1 amide bonds. The first-order valence-corrected chi connectivity index (χ1v) is 7.47. The van der Waals surface area contributed by atoms with Crippen molar-refractivity contribution in [3.8, 4) is 0 Å². The Morgan fingerprint density at radius 3 is 2.57 bits per heavy atom. The van der Waals surface area contributed by atoms with E-state index < -0.39 is 0 Å². The van der Waals surface area contributed by atoms with Gasteiger partial charge >= 0.3 is 5.97 Å². The predicted molar refractivity (Wildman–Crippen MR) is 80.6 cm³/mol. The molecule has 1 aliphatic heterocycles. The number of rotatable bonds is 4. The molecular formula is C16H20N2O3. The number of methoxy groups -OCH3 is 1. The molecule has 1 saturated heterocycles. The molecule has 0 atom stereocenters. The van der Waals surface area contributed by atoms with Crippen LogP contribution in [0, 0.1) is 5.92 Å². The van der Waals surface area contributed by atoms with E-state index in [2.05, 4.69) is 10.2 Å². The Morgan fingerprint density at radius 1 is 1.24 bits per heavy atom. The number of anilines is 2. The van der Waals surface area contributed by atoms with Crippen LogP contribution in [0.15, 0.2) is 18.2 Å². The van der Waals surface area contributed by atoms with Crippen molar-refractivity contribution in [1.29, 1.82) is 0 Å². The zero-order chi connectivity index (χ0) is 14.8. The summed E-state index contributed by atoms with van der Waals surface area (Å²) in [5.41, 5.74) is 2.18. The number of carbonyl (C=O) groups excluding carboxylic acids is 2. The molecule has 1 N–H and O–H groups in total. The number of amides is 1. The van der Waals surface area contributed by atoms with Crippen LogP contribution in [0.25, 0.3) is 0 Å². The van der Waals surface area contributed by atoms with Gasteiger partial charge in [0.2, 0.25) is 5.91 Å². The lowest BCUT2D eigenvalue weighted by Crippen LogP contribution is -2.22. The Morgan fingerprint density at radius 2 is 1.95 bits per heavy atom. The SMILES string of the molecule is COC(=O)c1ccc(N2CCCC2)c(NC(=O)C2CC2)c1. The van der Waals surface area contributed by atoms with Crippen molar-refractivity contribution in [2.45, 2.75) is 25.7 Å². The van der Waals surface area contributed by atoms with Gasteiger partial charge in [-0.15, -0.1) is 0 Å². The average molecular weight is 288 g/mol. The Balaban J connectivity index is 1.89. The first-order valence-electron chi connectivity index (χ1n) is 7.47. The van der Waals surface area contributed by atoms with E-state index in [-0.39, 0.29) is 17.8 Å². The number of hydrogen-bond donors (Lipinski definition) is 1. The molecule has 2 aliphatic rings. The number of hydrogen-bond acceptors (Lipinski definition) is 4. The Labute approximate surface area is 124 Å². The number of nitrogens with one attached hydrogen (secondary N) is 1. The molecule has 1 heterocycles. The quantitative estimate of drug-likeness (QED) is 0.864. The van der Waals surface area contributed by atoms with Crippen molar-refractivity contribution >= 4 is 23.3 Å². The van der Waals surface area contributed by atoms with Crippen LogP contribution in [0.3, 0.4) is 0 Å². The molecule has 0 aromatic heterocycles. The maximum atomic E-state index is 12.0. The van der Waals surface area contributed by atoms with E-state index in [4.69, 9.17) is 4.74 Å². The minimum atomic E-state index is -0.384. The molecule has 21 heavy (non-hydrogen) atoms. The Bertz CT molecular complexity index is 561. The van der Waals surface area contributed by atoms with Crippen molar-refractivity contribution in [3.63, 3.8) is 0 Å². The van der Waals surface area contributed by atoms with Gasteiger partial charge in [-0.25, -0.2) is 4.79 Å². The fourth-order valence-electron chi connectivity index (χ4n) is 2.70. The summed E-state index contributed by atoms with van der Waals surface area (Å²) in [5, 5.41) is 2.98. The van der Waals surface area contributed by atoms with E-state index in [0.717, 1.165) is 50.1 Å². The predicted octanol–water partition coefficient (Wildman–Crippen LogP) is 2.42. The number of carbonyl (C=O) groups is 2. The van der Waals surface area contributed by atoms with Gasteiger partial charge in [0, 0.05) is 19.0 Å². The molecule has 3 rings (SSSR count). The maximum absolute atomic E-state index is 12.0. The molecule has 5 nitrogen and oxygen atoms in total. The lowest BCUT2D eigenvalue weighted by atomic mass is 10.1. The normalized spacial score (nSPS) is 17.7. The zero-order valence-electron chi connectivity index (χ0n) is 12.2. The zero-order valence-corrected chi connectivity index (χ0v) is 12.2. The van der Waals surface area contributed by atoms with Crippen molar-refractivity contribution in [2.75, 3.05) is 30.4 Å². The van der Waals surface area contributed by atoms with Crippen molar-refractivity contribution < 1.29 is 14.3 Å². The van der Waals surface area contributed by atoms with Crippen molar-refractivity contribution in [2.24, 2.45) is 5.92 Å². The van der Waals surface area contributed by atoms with Crippen LogP contribution < -0.4 is 10.2 Å². The van der Waals surface area contributed by atoms with Gasteiger partial charge in [0.05, 0.1) is 24.0 Å². The fourth-order valence-corrected chi connectivity index (χ4v) is 2.70. The molecule has 0 radical (unpaired) electrons. The van der Waals surface area contributed by atoms with Gasteiger partial charge in [0.25, 0.3) is 0 Å². The molecule has 112 valence electrons. The van der Waals surface area contributed by atoms with E-state index >= 15 is 0 Å². The minimum Gasteiger partial charge on any atom is -0.465 e. The first-order chi connectivity index (χ1) is 10.2. The summed E-state index contributed by atoms with van der Waals surface area (Å²) in [7, 11) is 1.36. The fraction of sp³-hybridized carbons (Fsp3) is 0.500. The summed E-state index contributed by atoms with van der Waals surface area (Å²) in [6, 6.07) is 5.38. The minimum absolute atomic E-state index is 0.0532. The highest BCUT2D eigenvalue weighted by molar-refractivity contribution is 5.99. The van der Waals surface area contributed by atoms with Crippen LogP contribution in [-0.2, 0) is 9.53 Å². The highest BCUT2D eigenvalue weighted by Gasteiger charge is 2.30. The van der Waals surface area contributed by atoms with Gasteiger partial charge in [0.1, 0.15) is 0 Å². The molecule has 2 fully saturated rings. The summed E-state index contributed by atoms with van der Waals surface area (Å²) in [5.74, 6) is -0.194. The van der Waals surface area contributed by atoms with Crippen LogP contribution in [0.1, 0.15) is 36.0 Å². The Kier molecular flexibility index (Phi) is 3.82. The second-order valence-electron chi connectivity index (χ2n) is 5.68. The van der Waals surface area contributed by atoms with E-state index in [9.17, 15) is 9.59 Å². The van der Waals surface area contributed by atoms with E-state index in [0.29, 0.717) is 5.56 Å². The van der Waals surface area contributed by atoms with Crippen LogP contribution in [-0.4, -0.2) is 32.1 Å². The number of esters is 1. The summed E-state index contributed by atoms with van der Waals surface area (Å²) < 4.78 is 4.76. The third-order valence-electron chi connectivity index (χ3n) is 4.07.